The lowest BCUT2D eigenvalue weighted by Crippen LogP contribution is -2.31. The van der Waals surface area contributed by atoms with E-state index in [1.807, 2.05) is 73.0 Å². The van der Waals surface area contributed by atoms with E-state index in [1.165, 1.54) is 0 Å². The number of hydrogen-bond donors (Lipinski definition) is 2. The maximum absolute atomic E-state index is 12.5. The fraction of sp³-hybridized carbons (Fsp3) is 0.160. The van der Waals surface area contributed by atoms with Gasteiger partial charge < -0.3 is 20.5 Å². The minimum atomic E-state index is -0.563. The molecule has 0 aliphatic carbocycles. The van der Waals surface area contributed by atoms with Crippen LogP contribution >= 0.6 is 11.3 Å². The Morgan fingerprint density at radius 3 is 2.68 bits per heavy atom. The molecule has 5 rings (SSSR count). The van der Waals surface area contributed by atoms with Gasteiger partial charge in [0.05, 0.1) is 17.6 Å². The van der Waals surface area contributed by atoms with Crippen LogP contribution in [0.25, 0.3) is 10.7 Å². The number of nitrogens with zero attached hydrogens (tertiary/aromatic N) is 3. The summed E-state index contributed by atoms with van der Waals surface area (Å²) in [5, 5.41) is 9.85. The van der Waals surface area contributed by atoms with Gasteiger partial charge in [-0.3, -0.25) is 4.79 Å². The maximum atomic E-state index is 12.5. The number of fused-ring (bicyclic) bond motifs is 1. The molecular weight excluding hydrogens is 450 g/mol. The first-order valence-corrected chi connectivity index (χ1v) is 11.6. The summed E-state index contributed by atoms with van der Waals surface area (Å²) in [5.41, 5.74) is 8.68. The summed E-state index contributed by atoms with van der Waals surface area (Å²) in [4.78, 5) is 18.1. The van der Waals surface area contributed by atoms with E-state index in [4.69, 9.17) is 20.3 Å². The highest BCUT2D eigenvalue weighted by atomic mass is 32.1. The van der Waals surface area contributed by atoms with E-state index in [9.17, 15) is 4.79 Å². The van der Waals surface area contributed by atoms with Gasteiger partial charge in [0.1, 0.15) is 12.6 Å². The quantitative estimate of drug-likeness (QED) is 0.413. The molecule has 4 aromatic rings. The number of thiophene rings is 1. The molecule has 2 aromatic carbocycles. The molecule has 2 aromatic heterocycles. The molecule has 0 spiro atoms. The van der Waals surface area contributed by atoms with Gasteiger partial charge in [-0.25, -0.2) is 4.68 Å². The third kappa shape index (κ3) is 4.01. The van der Waals surface area contributed by atoms with Crippen molar-refractivity contribution in [2.45, 2.75) is 19.6 Å². The fourth-order valence-electron chi connectivity index (χ4n) is 4.00. The SMILES string of the molecule is COc1cc(C2C(C(N)=O)=C(C)Nc3nc(-c4cccs4)nn32)ccc1OCc1ccccc1. The zero-order chi connectivity index (χ0) is 23.7. The molecule has 172 valence electrons. The van der Waals surface area contributed by atoms with Crippen molar-refractivity contribution < 1.29 is 14.3 Å². The van der Waals surface area contributed by atoms with Crippen molar-refractivity contribution in [1.29, 1.82) is 0 Å². The number of primary amides is 1. The number of allylic oxidation sites excluding steroid dienone is 1. The Bertz CT molecular complexity index is 1360. The highest BCUT2D eigenvalue weighted by molar-refractivity contribution is 7.13. The molecule has 34 heavy (non-hydrogen) atoms. The van der Waals surface area contributed by atoms with E-state index in [0.29, 0.717) is 41.1 Å². The minimum Gasteiger partial charge on any atom is -0.493 e. The number of amides is 1. The number of benzene rings is 2. The van der Waals surface area contributed by atoms with E-state index in [2.05, 4.69) is 10.3 Å². The van der Waals surface area contributed by atoms with Crippen LogP contribution in [0, 0.1) is 0 Å². The molecule has 0 saturated heterocycles. The summed E-state index contributed by atoms with van der Waals surface area (Å²) in [5.74, 6) is 1.74. The van der Waals surface area contributed by atoms with Crippen molar-refractivity contribution in [3.8, 4) is 22.2 Å². The van der Waals surface area contributed by atoms with E-state index in [-0.39, 0.29) is 0 Å². The molecule has 1 aliphatic heterocycles. The number of hydrogen-bond acceptors (Lipinski definition) is 7. The fourth-order valence-corrected chi connectivity index (χ4v) is 4.65. The van der Waals surface area contributed by atoms with Crippen molar-refractivity contribution in [2.75, 3.05) is 12.4 Å². The van der Waals surface area contributed by atoms with Gasteiger partial charge in [-0.1, -0.05) is 42.5 Å². The van der Waals surface area contributed by atoms with Gasteiger partial charge in [0.2, 0.25) is 11.9 Å². The van der Waals surface area contributed by atoms with E-state index >= 15 is 0 Å². The first-order chi connectivity index (χ1) is 16.5. The van der Waals surface area contributed by atoms with Gasteiger partial charge in [0, 0.05) is 5.70 Å². The molecule has 3 heterocycles. The molecular formula is C25H23N5O3S. The number of anilines is 1. The van der Waals surface area contributed by atoms with Crippen molar-refractivity contribution >= 4 is 23.2 Å². The Hall–Kier alpha value is -4.11. The van der Waals surface area contributed by atoms with Crippen LogP contribution in [0.3, 0.4) is 0 Å². The second kappa shape index (κ2) is 9.03. The maximum Gasteiger partial charge on any atom is 0.248 e. The molecule has 1 atom stereocenters. The Balaban J connectivity index is 1.54. The van der Waals surface area contributed by atoms with E-state index < -0.39 is 11.9 Å². The summed E-state index contributed by atoms with van der Waals surface area (Å²) < 4.78 is 13.3. The number of nitrogens with two attached hydrogens (primary N) is 1. The van der Waals surface area contributed by atoms with Gasteiger partial charge in [-0.05, 0) is 41.6 Å². The van der Waals surface area contributed by atoms with Crippen LogP contribution in [0.4, 0.5) is 5.95 Å². The van der Waals surface area contributed by atoms with E-state index in [1.54, 1.807) is 23.1 Å². The molecule has 8 nitrogen and oxygen atoms in total. The largest absolute Gasteiger partial charge is 0.493 e. The van der Waals surface area contributed by atoms with Crippen LogP contribution in [0.2, 0.25) is 0 Å². The Morgan fingerprint density at radius 1 is 1.15 bits per heavy atom. The summed E-state index contributed by atoms with van der Waals surface area (Å²) in [7, 11) is 1.59. The van der Waals surface area contributed by atoms with Crippen LogP contribution in [-0.4, -0.2) is 27.8 Å². The van der Waals surface area contributed by atoms with Gasteiger partial charge in [-0.2, -0.15) is 4.98 Å². The van der Waals surface area contributed by atoms with E-state index in [0.717, 1.165) is 16.0 Å². The number of nitrogens with one attached hydrogen (secondary N) is 1. The van der Waals surface area contributed by atoms with Crippen molar-refractivity contribution in [3.63, 3.8) is 0 Å². The monoisotopic (exact) mass is 473 g/mol. The van der Waals surface area contributed by atoms with Crippen LogP contribution in [0.15, 0.2) is 77.3 Å². The van der Waals surface area contributed by atoms with Gasteiger partial charge in [0.15, 0.2) is 17.3 Å². The molecule has 1 amide bonds. The Labute approximate surface area is 200 Å². The number of ether oxygens (including phenoxy) is 2. The standard InChI is InChI=1S/C25H23N5O3S/c1-15-21(23(26)31)22(30-25(27-15)28-24(29-30)20-9-6-12-34-20)17-10-11-18(19(13-17)32-2)33-14-16-7-4-3-5-8-16/h3-13,22H,14H2,1-2H3,(H2,26,31)(H,27,28,29). The number of aromatic nitrogens is 3. The van der Waals surface area contributed by atoms with Crippen molar-refractivity contribution in [2.24, 2.45) is 5.73 Å². The molecule has 1 aliphatic rings. The number of carbonyl (C=O) groups excluding carboxylic acids is 1. The first-order valence-electron chi connectivity index (χ1n) is 10.7. The summed E-state index contributed by atoms with van der Waals surface area (Å²) in [6.45, 7) is 2.22. The predicted molar refractivity (Wildman–Crippen MR) is 131 cm³/mol. The third-order valence-electron chi connectivity index (χ3n) is 5.60. The lowest BCUT2D eigenvalue weighted by molar-refractivity contribution is -0.115. The molecule has 0 radical (unpaired) electrons. The number of rotatable bonds is 7. The van der Waals surface area contributed by atoms with Crippen molar-refractivity contribution in [1.82, 2.24) is 14.8 Å². The Kier molecular flexibility index (Phi) is 5.77. The smallest absolute Gasteiger partial charge is 0.248 e. The Morgan fingerprint density at radius 2 is 1.97 bits per heavy atom. The molecule has 0 saturated carbocycles. The summed E-state index contributed by atoms with van der Waals surface area (Å²) in [6.07, 6.45) is 0. The highest BCUT2D eigenvalue weighted by Gasteiger charge is 2.34. The predicted octanol–water partition coefficient (Wildman–Crippen LogP) is 4.37. The normalized spacial score (nSPS) is 14.9. The van der Waals surface area contributed by atoms with Gasteiger partial charge >= 0.3 is 0 Å². The van der Waals surface area contributed by atoms with Gasteiger partial charge in [-0.15, -0.1) is 16.4 Å². The second-order valence-electron chi connectivity index (χ2n) is 7.80. The number of methoxy groups -OCH3 is 1. The third-order valence-corrected chi connectivity index (χ3v) is 6.47. The zero-order valence-electron chi connectivity index (χ0n) is 18.7. The van der Waals surface area contributed by atoms with Crippen LogP contribution < -0.4 is 20.5 Å². The molecule has 0 bridgehead atoms. The highest BCUT2D eigenvalue weighted by Crippen LogP contribution is 2.39. The topological polar surface area (TPSA) is 104 Å². The van der Waals surface area contributed by atoms with Crippen LogP contribution in [0.5, 0.6) is 11.5 Å². The molecule has 9 heteroatoms. The molecule has 0 fully saturated rings. The summed E-state index contributed by atoms with van der Waals surface area (Å²) >= 11 is 1.55. The van der Waals surface area contributed by atoms with Crippen molar-refractivity contribution in [3.05, 3.63) is 88.4 Å². The lowest BCUT2D eigenvalue weighted by atomic mass is 9.95. The summed E-state index contributed by atoms with van der Waals surface area (Å²) in [6, 6.07) is 18.8. The second-order valence-corrected chi connectivity index (χ2v) is 8.74. The van der Waals surface area contributed by atoms with Crippen LogP contribution in [0.1, 0.15) is 24.1 Å². The van der Waals surface area contributed by atoms with Gasteiger partial charge in [0.25, 0.3) is 0 Å². The molecule has 1 unspecified atom stereocenters. The molecule has 3 N–H and O–H groups in total. The lowest BCUT2D eigenvalue weighted by Gasteiger charge is -2.28. The average molecular weight is 474 g/mol. The van der Waals surface area contributed by atoms with Crippen LogP contribution in [-0.2, 0) is 11.4 Å². The average Bonchev–Trinajstić information content (AvgIpc) is 3.52. The minimum absolute atomic E-state index is 0.410. The number of carbonyl (C=O) groups is 1. The first kappa shape index (κ1) is 21.7. The zero-order valence-corrected chi connectivity index (χ0v) is 19.5.